The van der Waals surface area contributed by atoms with Crippen LogP contribution in [0.25, 0.3) is 0 Å². The number of nitrogens with zero attached hydrogens (tertiary/aromatic N) is 1. The number of likely N-dealkylation sites (tertiary alicyclic amines) is 1. The Kier molecular flexibility index (Phi) is 3.80. The lowest BCUT2D eigenvalue weighted by Gasteiger charge is -2.27. The van der Waals surface area contributed by atoms with Crippen LogP contribution in [0.4, 0.5) is 0 Å². The molecule has 2 atom stereocenters. The number of para-hydroxylation sites is 1. The summed E-state index contributed by atoms with van der Waals surface area (Å²) in [7, 11) is 1.68. The molecule has 2 rings (SSSR count). The largest absolute Gasteiger partial charge is 0.508 e. The molecule has 1 heterocycles. The van der Waals surface area contributed by atoms with Gasteiger partial charge in [-0.3, -0.25) is 9.69 Å². The molecule has 19 heavy (non-hydrogen) atoms. The minimum absolute atomic E-state index is 0.0967. The van der Waals surface area contributed by atoms with Gasteiger partial charge in [0.15, 0.2) is 0 Å². The topological polar surface area (TPSA) is 52.6 Å². The molecule has 1 aliphatic rings. The molecule has 0 aromatic heterocycles. The summed E-state index contributed by atoms with van der Waals surface area (Å²) < 4.78 is 0. The molecule has 2 unspecified atom stereocenters. The summed E-state index contributed by atoms with van der Waals surface area (Å²) in [6.45, 7) is 5.68. The Bertz CT molecular complexity index is 475. The molecule has 1 aromatic carbocycles. The summed E-state index contributed by atoms with van der Waals surface area (Å²) in [5.74, 6) is 0.419. The average molecular weight is 262 g/mol. The normalized spacial score (nSPS) is 25.2. The van der Waals surface area contributed by atoms with Gasteiger partial charge >= 0.3 is 0 Å². The second-order valence-electron chi connectivity index (χ2n) is 5.60. The van der Waals surface area contributed by atoms with Crippen LogP contribution in [0.5, 0.6) is 5.75 Å². The van der Waals surface area contributed by atoms with Crippen molar-refractivity contribution in [3.63, 3.8) is 0 Å². The summed E-state index contributed by atoms with van der Waals surface area (Å²) in [4.78, 5) is 14.2. The van der Waals surface area contributed by atoms with E-state index in [2.05, 4.69) is 17.1 Å². The quantitative estimate of drug-likeness (QED) is 0.875. The second-order valence-corrected chi connectivity index (χ2v) is 5.60. The van der Waals surface area contributed by atoms with Crippen molar-refractivity contribution >= 4 is 5.91 Å². The van der Waals surface area contributed by atoms with Crippen LogP contribution < -0.4 is 5.32 Å². The lowest BCUT2D eigenvalue weighted by atomic mass is 9.89. The maximum Gasteiger partial charge on any atom is 0.227 e. The molecule has 1 aliphatic heterocycles. The fourth-order valence-corrected chi connectivity index (χ4v) is 2.85. The minimum atomic E-state index is -0.326. The van der Waals surface area contributed by atoms with E-state index in [1.54, 1.807) is 13.1 Å². The molecule has 4 nitrogen and oxygen atoms in total. The standard InChI is InChI=1S/C15H22N2O2/c1-11(12-6-4-5-7-13(12)18)17-9-8-15(2,10-17)14(19)16-3/h4-7,11,18H,8-10H2,1-3H3,(H,16,19). The molecule has 0 bridgehead atoms. The fourth-order valence-electron chi connectivity index (χ4n) is 2.85. The van der Waals surface area contributed by atoms with Crippen molar-refractivity contribution in [2.75, 3.05) is 20.1 Å². The number of carbonyl (C=O) groups excluding carboxylic acids is 1. The van der Waals surface area contributed by atoms with E-state index in [0.717, 1.165) is 25.1 Å². The molecule has 1 aromatic rings. The minimum Gasteiger partial charge on any atom is -0.508 e. The van der Waals surface area contributed by atoms with Crippen molar-refractivity contribution in [2.45, 2.75) is 26.3 Å². The van der Waals surface area contributed by atoms with Gasteiger partial charge in [-0.25, -0.2) is 0 Å². The zero-order valence-electron chi connectivity index (χ0n) is 11.8. The average Bonchev–Trinajstić information content (AvgIpc) is 2.81. The van der Waals surface area contributed by atoms with Gasteiger partial charge in [-0.15, -0.1) is 0 Å². The van der Waals surface area contributed by atoms with Crippen LogP contribution in [0, 0.1) is 5.41 Å². The highest BCUT2D eigenvalue weighted by atomic mass is 16.3. The number of phenolic OH excluding ortho intramolecular Hbond substituents is 1. The molecule has 2 N–H and O–H groups in total. The van der Waals surface area contributed by atoms with Gasteiger partial charge in [0, 0.05) is 25.2 Å². The Labute approximate surface area is 114 Å². The summed E-state index contributed by atoms with van der Waals surface area (Å²) in [5.41, 5.74) is 0.594. The molecular weight excluding hydrogens is 240 g/mol. The molecule has 0 radical (unpaired) electrons. The third-order valence-electron chi connectivity index (χ3n) is 4.21. The number of amides is 1. The van der Waals surface area contributed by atoms with Gasteiger partial charge in [0.05, 0.1) is 5.41 Å². The lowest BCUT2D eigenvalue weighted by Crippen LogP contribution is -2.39. The Morgan fingerprint density at radius 3 is 2.79 bits per heavy atom. The summed E-state index contributed by atoms with van der Waals surface area (Å²) in [6, 6.07) is 7.52. The first-order valence-electron chi connectivity index (χ1n) is 6.72. The van der Waals surface area contributed by atoms with Crippen LogP contribution in [0.15, 0.2) is 24.3 Å². The van der Waals surface area contributed by atoms with E-state index in [1.165, 1.54) is 0 Å². The van der Waals surface area contributed by atoms with E-state index in [9.17, 15) is 9.90 Å². The van der Waals surface area contributed by atoms with Crippen LogP contribution in [0.3, 0.4) is 0 Å². The highest BCUT2D eigenvalue weighted by Crippen LogP contribution is 2.37. The van der Waals surface area contributed by atoms with E-state index in [1.807, 2.05) is 25.1 Å². The molecule has 1 amide bonds. The van der Waals surface area contributed by atoms with Gasteiger partial charge in [0.1, 0.15) is 5.75 Å². The number of rotatable bonds is 3. The van der Waals surface area contributed by atoms with E-state index in [-0.39, 0.29) is 17.4 Å². The van der Waals surface area contributed by atoms with Gasteiger partial charge in [0.2, 0.25) is 5.91 Å². The molecular formula is C15H22N2O2. The molecule has 0 saturated carbocycles. The molecule has 104 valence electrons. The van der Waals surface area contributed by atoms with Gasteiger partial charge in [-0.1, -0.05) is 18.2 Å². The van der Waals surface area contributed by atoms with Crippen molar-refractivity contribution in [1.82, 2.24) is 10.2 Å². The first kappa shape index (κ1) is 13.9. The molecule has 1 saturated heterocycles. The fraction of sp³-hybridized carbons (Fsp3) is 0.533. The van der Waals surface area contributed by atoms with E-state index >= 15 is 0 Å². The maximum absolute atomic E-state index is 11.9. The predicted molar refractivity (Wildman–Crippen MR) is 74.9 cm³/mol. The number of benzene rings is 1. The van der Waals surface area contributed by atoms with Gasteiger partial charge < -0.3 is 10.4 Å². The number of aromatic hydroxyl groups is 1. The second kappa shape index (κ2) is 5.21. The van der Waals surface area contributed by atoms with Crippen LogP contribution in [-0.2, 0) is 4.79 Å². The summed E-state index contributed by atoms with van der Waals surface area (Å²) >= 11 is 0. The summed E-state index contributed by atoms with van der Waals surface area (Å²) in [6.07, 6.45) is 0.852. The lowest BCUT2D eigenvalue weighted by molar-refractivity contribution is -0.129. The first-order valence-corrected chi connectivity index (χ1v) is 6.72. The highest BCUT2D eigenvalue weighted by molar-refractivity contribution is 5.82. The Morgan fingerprint density at radius 1 is 1.47 bits per heavy atom. The van der Waals surface area contributed by atoms with Crippen molar-refractivity contribution in [3.05, 3.63) is 29.8 Å². The van der Waals surface area contributed by atoms with E-state index < -0.39 is 0 Å². The maximum atomic E-state index is 11.9. The Balaban J connectivity index is 2.13. The number of carbonyl (C=O) groups is 1. The molecule has 4 heteroatoms. The third-order valence-corrected chi connectivity index (χ3v) is 4.21. The van der Waals surface area contributed by atoms with Crippen LogP contribution in [-0.4, -0.2) is 36.1 Å². The van der Waals surface area contributed by atoms with E-state index in [0.29, 0.717) is 5.75 Å². The first-order chi connectivity index (χ1) is 8.98. The van der Waals surface area contributed by atoms with Crippen LogP contribution >= 0.6 is 0 Å². The van der Waals surface area contributed by atoms with Gasteiger partial charge in [-0.05, 0) is 32.9 Å². The molecule has 0 aliphatic carbocycles. The van der Waals surface area contributed by atoms with Crippen molar-refractivity contribution in [3.8, 4) is 5.75 Å². The number of phenols is 1. The number of hydrogen-bond acceptors (Lipinski definition) is 3. The SMILES string of the molecule is CNC(=O)C1(C)CCN(C(C)c2ccccc2O)C1. The van der Waals surface area contributed by atoms with Crippen molar-refractivity contribution in [1.29, 1.82) is 0 Å². The third kappa shape index (κ3) is 2.59. The van der Waals surface area contributed by atoms with Crippen LogP contribution in [0.2, 0.25) is 0 Å². The van der Waals surface area contributed by atoms with Crippen molar-refractivity contribution < 1.29 is 9.90 Å². The van der Waals surface area contributed by atoms with Gasteiger partial charge in [0.25, 0.3) is 0 Å². The molecule has 1 fully saturated rings. The number of nitrogens with one attached hydrogen (secondary N) is 1. The Hall–Kier alpha value is -1.55. The zero-order chi connectivity index (χ0) is 14.0. The highest BCUT2D eigenvalue weighted by Gasteiger charge is 2.41. The number of hydrogen-bond donors (Lipinski definition) is 2. The van der Waals surface area contributed by atoms with E-state index in [4.69, 9.17) is 0 Å². The van der Waals surface area contributed by atoms with Gasteiger partial charge in [-0.2, -0.15) is 0 Å². The van der Waals surface area contributed by atoms with Crippen molar-refractivity contribution in [2.24, 2.45) is 5.41 Å². The smallest absolute Gasteiger partial charge is 0.227 e. The predicted octanol–water partition coefficient (Wildman–Crippen LogP) is 1.91. The Morgan fingerprint density at radius 2 is 2.16 bits per heavy atom. The monoisotopic (exact) mass is 262 g/mol. The summed E-state index contributed by atoms with van der Waals surface area (Å²) in [5, 5.41) is 12.7. The zero-order valence-corrected chi connectivity index (χ0v) is 11.8. The molecule has 0 spiro atoms. The van der Waals surface area contributed by atoms with Crippen LogP contribution in [0.1, 0.15) is 31.9 Å².